The summed E-state index contributed by atoms with van der Waals surface area (Å²) in [7, 11) is 0. The van der Waals surface area contributed by atoms with Crippen LogP contribution in [0.1, 0.15) is 12.8 Å². The average molecular weight is 261 g/mol. The fourth-order valence-corrected chi connectivity index (χ4v) is 1.98. The molecule has 0 radical (unpaired) electrons. The third-order valence-corrected chi connectivity index (χ3v) is 2.90. The molecule has 0 saturated carbocycles. The summed E-state index contributed by atoms with van der Waals surface area (Å²) in [4.78, 5) is 2.03. The third-order valence-electron chi connectivity index (χ3n) is 2.90. The molecule has 0 aliphatic carbocycles. The summed E-state index contributed by atoms with van der Waals surface area (Å²) in [6.07, 6.45) is -3.56. The molecular weight excluding hydrogens is 247 g/mol. The number of aliphatic hydroxyl groups excluding tert-OH is 1. The van der Waals surface area contributed by atoms with E-state index in [1.54, 1.807) is 12.1 Å². The molecule has 1 aliphatic heterocycles. The van der Waals surface area contributed by atoms with Gasteiger partial charge in [-0.2, -0.15) is 0 Å². The highest BCUT2D eigenvalue weighted by atomic mass is 19.4. The zero-order valence-electron chi connectivity index (χ0n) is 9.65. The second-order valence-corrected chi connectivity index (χ2v) is 4.26. The molecule has 1 aromatic rings. The third kappa shape index (κ3) is 3.53. The molecule has 0 atom stereocenters. The standard InChI is InChI=1S/C12H14F3NO2/c13-12(14,15)18-11-3-1-9(2-4-11)16-7-5-10(17)6-8-16/h1-4,10,17H,5-8H2. The highest BCUT2D eigenvalue weighted by Crippen LogP contribution is 2.26. The number of hydrogen-bond acceptors (Lipinski definition) is 3. The summed E-state index contributed by atoms with van der Waals surface area (Å²) in [5.41, 5.74) is 0.844. The number of anilines is 1. The van der Waals surface area contributed by atoms with Gasteiger partial charge >= 0.3 is 6.36 Å². The summed E-state index contributed by atoms with van der Waals surface area (Å²) in [6, 6.07) is 5.79. The molecule has 0 aromatic heterocycles. The molecule has 0 bridgehead atoms. The van der Waals surface area contributed by atoms with E-state index in [2.05, 4.69) is 4.74 Å². The number of ether oxygens (including phenoxy) is 1. The first-order chi connectivity index (χ1) is 8.44. The van der Waals surface area contributed by atoms with Gasteiger partial charge in [-0.05, 0) is 37.1 Å². The van der Waals surface area contributed by atoms with E-state index in [0.717, 1.165) is 5.69 Å². The van der Waals surface area contributed by atoms with E-state index < -0.39 is 6.36 Å². The molecule has 6 heteroatoms. The lowest BCUT2D eigenvalue weighted by molar-refractivity contribution is -0.274. The minimum absolute atomic E-state index is 0.219. The van der Waals surface area contributed by atoms with Crippen LogP contribution in [0.3, 0.4) is 0 Å². The van der Waals surface area contributed by atoms with Crippen molar-refractivity contribution >= 4 is 5.69 Å². The van der Waals surface area contributed by atoms with E-state index in [1.165, 1.54) is 12.1 Å². The Morgan fingerprint density at radius 1 is 1.11 bits per heavy atom. The Balaban J connectivity index is 1.99. The molecule has 0 unspecified atom stereocenters. The predicted molar refractivity (Wildman–Crippen MR) is 60.6 cm³/mol. The van der Waals surface area contributed by atoms with Gasteiger partial charge in [0.15, 0.2) is 0 Å². The topological polar surface area (TPSA) is 32.7 Å². The molecule has 1 aromatic carbocycles. The molecule has 0 amide bonds. The fourth-order valence-electron chi connectivity index (χ4n) is 1.98. The zero-order valence-corrected chi connectivity index (χ0v) is 9.65. The Kier molecular flexibility index (Phi) is 3.65. The Labute approximate surface area is 103 Å². The number of benzene rings is 1. The maximum absolute atomic E-state index is 12.0. The van der Waals surface area contributed by atoms with Gasteiger partial charge in [-0.3, -0.25) is 0 Å². The lowest BCUT2D eigenvalue weighted by Crippen LogP contribution is -2.35. The second-order valence-electron chi connectivity index (χ2n) is 4.26. The number of piperidine rings is 1. The zero-order chi connectivity index (χ0) is 13.2. The van der Waals surface area contributed by atoms with Gasteiger partial charge in [0, 0.05) is 18.8 Å². The van der Waals surface area contributed by atoms with Crippen LogP contribution in [0.25, 0.3) is 0 Å². The lowest BCUT2D eigenvalue weighted by Gasteiger charge is -2.31. The monoisotopic (exact) mass is 261 g/mol. The van der Waals surface area contributed by atoms with E-state index in [9.17, 15) is 18.3 Å². The van der Waals surface area contributed by atoms with E-state index in [-0.39, 0.29) is 11.9 Å². The molecular formula is C12H14F3NO2. The number of rotatable bonds is 2. The molecule has 1 aliphatic rings. The number of hydrogen-bond donors (Lipinski definition) is 1. The average Bonchev–Trinajstić information content (AvgIpc) is 2.29. The van der Waals surface area contributed by atoms with E-state index in [1.807, 2.05) is 4.90 Å². The van der Waals surface area contributed by atoms with Crippen LogP contribution in [0.2, 0.25) is 0 Å². The molecule has 1 saturated heterocycles. The Hall–Kier alpha value is -1.43. The quantitative estimate of drug-likeness (QED) is 0.888. The smallest absolute Gasteiger partial charge is 0.406 e. The van der Waals surface area contributed by atoms with Crippen molar-refractivity contribution in [3.63, 3.8) is 0 Å². The first-order valence-electron chi connectivity index (χ1n) is 5.73. The maximum atomic E-state index is 12.0. The lowest BCUT2D eigenvalue weighted by atomic mass is 10.1. The van der Waals surface area contributed by atoms with Crippen LogP contribution in [0.15, 0.2) is 24.3 Å². The summed E-state index contributed by atoms with van der Waals surface area (Å²) >= 11 is 0. The normalized spacial score (nSPS) is 17.9. The van der Waals surface area contributed by atoms with Crippen molar-refractivity contribution in [1.29, 1.82) is 0 Å². The van der Waals surface area contributed by atoms with E-state index >= 15 is 0 Å². The molecule has 1 N–H and O–H groups in total. The van der Waals surface area contributed by atoms with Gasteiger partial charge in [0.05, 0.1) is 6.10 Å². The van der Waals surface area contributed by atoms with Crippen LogP contribution < -0.4 is 9.64 Å². The molecule has 2 rings (SSSR count). The first kappa shape index (κ1) is 13.0. The fraction of sp³-hybridized carbons (Fsp3) is 0.500. The summed E-state index contributed by atoms with van der Waals surface area (Å²) in [6.45, 7) is 1.42. The van der Waals surface area contributed by atoms with Crippen LogP contribution in [0.4, 0.5) is 18.9 Å². The van der Waals surface area contributed by atoms with Crippen molar-refractivity contribution in [2.75, 3.05) is 18.0 Å². The van der Waals surface area contributed by atoms with E-state index in [4.69, 9.17) is 0 Å². The maximum Gasteiger partial charge on any atom is 0.573 e. The van der Waals surface area contributed by atoms with Crippen molar-refractivity contribution in [1.82, 2.24) is 0 Å². The largest absolute Gasteiger partial charge is 0.573 e. The number of nitrogens with zero attached hydrogens (tertiary/aromatic N) is 1. The number of halogens is 3. The van der Waals surface area contributed by atoms with Crippen molar-refractivity contribution in [3.05, 3.63) is 24.3 Å². The van der Waals surface area contributed by atoms with Crippen LogP contribution >= 0.6 is 0 Å². The Morgan fingerprint density at radius 3 is 2.17 bits per heavy atom. The number of alkyl halides is 3. The van der Waals surface area contributed by atoms with Crippen molar-refractivity contribution in [2.45, 2.75) is 25.3 Å². The molecule has 0 spiro atoms. The minimum Gasteiger partial charge on any atom is -0.406 e. The summed E-state index contributed by atoms with van der Waals surface area (Å²) < 4.78 is 39.7. The highest BCUT2D eigenvalue weighted by Gasteiger charge is 2.31. The van der Waals surface area contributed by atoms with Gasteiger partial charge in [0.2, 0.25) is 0 Å². The molecule has 1 fully saturated rings. The van der Waals surface area contributed by atoms with Gasteiger partial charge in [-0.25, -0.2) is 0 Å². The summed E-state index contributed by atoms with van der Waals surface area (Å²) in [5.74, 6) is -0.219. The SMILES string of the molecule is OC1CCN(c2ccc(OC(F)(F)F)cc2)CC1. The molecule has 3 nitrogen and oxygen atoms in total. The van der Waals surface area contributed by atoms with Crippen molar-refractivity contribution < 1.29 is 23.0 Å². The van der Waals surface area contributed by atoms with Crippen LogP contribution in [-0.4, -0.2) is 30.7 Å². The van der Waals surface area contributed by atoms with Crippen LogP contribution in [0.5, 0.6) is 5.75 Å². The van der Waals surface area contributed by atoms with Gasteiger partial charge in [0.1, 0.15) is 5.75 Å². The minimum atomic E-state index is -4.66. The predicted octanol–water partition coefficient (Wildman–Crippen LogP) is 2.55. The molecule has 1 heterocycles. The van der Waals surface area contributed by atoms with Gasteiger partial charge in [-0.1, -0.05) is 0 Å². The Morgan fingerprint density at radius 2 is 1.67 bits per heavy atom. The van der Waals surface area contributed by atoms with Gasteiger partial charge in [0.25, 0.3) is 0 Å². The van der Waals surface area contributed by atoms with Crippen LogP contribution in [0, 0.1) is 0 Å². The number of aliphatic hydroxyl groups is 1. The molecule has 100 valence electrons. The van der Waals surface area contributed by atoms with Gasteiger partial charge < -0.3 is 14.7 Å². The molecule has 18 heavy (non-hydrogen) atoms. The second kappa shape index (κ2) is 5.06. The highest BCUT2D eigenvalue weighted by molar-refractivity contribution is 5.49. The van der Waals surface area contributed by atoms with Crippen molar-refractivity contribution in [2.24, 2.45) is 0 Å². The van der Waals surface area contributed by atoms with Crippen LogP contribution in [-0.2, 0) is 0 Å². The van der Waals surface area contributed by atoms with E-state index in [0.29, 0.717) is 25.9 Å². The Bertz CT molecular complexity index is 383. The summed E-state index contributed by atoms with van der Waals surface area (Å²) in [5, 5.41) is 9.37. The van der Waals surface area contributed by atoms with Gasteiger partial charge in [-0.15, -0.1) is 13.2 Å². The first-order valence-corrected chi connectivity index (χ1v) is 5.73. The van der Waals surface area contributed by atoms with Crippen molar-refractivity contribution in [3.8, 4) is 5.75 Å².